The van der Waals surface area contributed by atoms with Gasteiger partial charge >= 0.3 is 0 Å². The maximum absolute atomic E-state index is 6.59. The molecule has 0 radical (unpaired) electrons. The van der Waals surface area contributed by atoms with Gasteiger partial charge in [0.15, 0.2) is 0 Å². The fourth-order valence-electron chi connectivity index (χ4n) is 7.86. The molecule has 10 rings (SSSR count). The molecule has 9 aromatic rings. The van der Waals surface area contributed by atoms with Crippen molar-refractivity contribution in [3.63, 3.8) is 0 Å². The minimum absolute atomic E-state index is 0.748. The van der Waals surface area contributed by atoms with Gasteiger partial charge < -0.3 is 18.1 Å². The number of hydrogen-bond acceptors (Lipinski definition) is 3. The molecule has 3 aromatic heterocycles. The van der Waals surface area contributed by atoms with Crippen molar-refractivity contribution < 1.29 is 13.6 Å². The Kier molecular flexibility index (Phi) is 6.99. The van der Waals surface area contributed by atoms with E-state index in [-0.39, 0.29) is 0 Å². The summed E-state index contributed by atoms with van der Waals surface area (Å²) in [5.74, 6) is 0.791. The molecule has 0 unspecified atom stereocenters. The van der Waals surface area contributed by atoms with E-state index in [2.05, 4.69) is 121 Å². The number of para-hydroxylation sites is 4. The minimum Gasteiger partial charge on any atom is -0.464 e. The number of allylic oxidation sites excluding steroid dienone is 6. The maximum atomic E-state index is 6.59. The lowest BCUT2D eigenvalue weighted by molar-refractivity contribution is 0.485. The third-order valence-corrected chi connectivity index (χ3v) is 10.3. The van der Waals surface area contributed by atoms with Gasteiger partial charge in [0.25, 0.3) is 0 Å². The second kappa shape index (κ2) is 12.0. The Bertz CT molecular complexity index is 3200. The highest BCUT2D eigenvalue weighted by Gasteiger charge is 2.22. The lowest BCUT2D eigenvalue weighted by Gasteiger charge is -2.15. The van der Waals surface area contributed by atoms with Crippen molar-refractivity contribution >= 4 is 72.9 Å². The van der Waals surface area contributed by atoms with Gasteiger partial charge in [-0.1, -0.05) is 110 Å². The van der Waals surface area contributed by atoms with Gasteiger partial charge in [-0.25, -0.2) is 0 Å². The van der Waals surface area contributed by atoms with Crippen LogP contribution in [0.25, 0.3) is 101 Å². The molecule has 0 N–H and O–H groups in total. The molecule has 0 saturated heterocycles. The summed E-state index contributed by atoms with van der Waals surface area (Å²) in [4.78, 5) is 0. The maximum Gasteiger partial charge on any atom is 0.144 e. The van der Waals surface area contributed by atoms with Crippen LogP contribution < -0.4 is 15.4 Å². The van der Waals surface area contributed by atoms with Crippen molar-refractivity contribution in [3.05, 3.63) is 175 Å². The first-order valence-electron chi connectivity index (χ1n) is 17.7. The van der Waals surface area contributed by atoms with Gasteiger partial charge in [-0.15, -0.1) is 0 Å². The van der Waals surface area contributed by atoms with Crippen LogP contribution in [0.4, 0.5) is 0 Å². The summed E-state index contributed by atoms with van der Waals surface area (Å²) >= 11 is 0. The molecular formula is C49H33NO3. The van der Waals surface area contributed by atoms with Gasteiger partial charge in [0.2, 0.25) is 0 Å². The van der Waals surface area contributed by atoms with E-state index in [9.17, 15) is 0 Å². The van der Waals surface area contributed by atoms with Crippen LogP contribution in [0.2, 0.25) is 0 Å². The van der Waals surface area contributed by atoms with Crippen molar-refractivity contribution in [2.24, 2.45) is 0 Å². The summed E-state index contributed by atoms with van der Waals surface area (Å²) in [6.45, 7) is 10.7. The number of nitrogens with zero attached hydrogens (tertiary/aromatic N) is 1. The summed E-state index contributed by atoms with van der Waals surface area (Å²) in [5.41, 5.74) is 12.2. The average Bonchev–Trinajstić information content (AvgIpc) is 3.84. The lowest BCUT2D eigenvalue weighted by Crippen LogP contribution is -2.17. The van der Waals surface area contributed by atoms with Gasteiger partial charge in [-0.3, -0.25) is 0 Å². The number of hydrogen-bond donors (Lipinski definition) is 0. The molecule has 0 fully saturated rings. The number of ether oxygens (including phenoxy) is 1. The highest BCUT2D eigenvalue weighted by atomic mass is 16.5. The number of aromatic nitrogens is 1. The van der Waals surface area contributed by atoms with Crippen LogP contribution >= 0.6 is 0 Å². The largest absolute Gasteiger partial charge is 0.464 e. The molecule has 53 heavy (non-hydrogen) atoms. The molecule has 0 bridgehead atoms. The molecule has 4 heteroatoms. The topological polar surface area (TPSA) is 40.4 Å². The molecule has 1 aliphatic rings. The first kappa shape index (κ1) is 30.8. The molecule has 252 valence electrons. The highest BCUT2D eigenvalue weighted by molar-refractivity contribution is 6.14. The predicted octanol–water partition coefficient (Wildman–Crippen LogP) is 12.0. The Morgan fingerprint density at radius 2 is 1.34 bits per heavy atom. The van der Waals surface area contributed by atoms with Gasteiger partial charge in [-0.2, -0.15) is 0 Å². The molecule has 0 saturated carbocycles. The zero-order chi connectivity index (χ0) is 35.6. The Balaban J connectivity index is 1.31. The summed E-state index contributed by atoms with van der Waals surface area (Å²) < 4.78 is 21.9. The van der Waals surface area contributed by atoms with Crippen LogP contribution in [0.15, 0.2) is 167 Å². The fraction of sp³-hybridized carbons (Fsp3) is 0.0204. The lowest BCUT2D eigenvalue weighted by atomic mass is 9.95. The van der Waals surface area contributed by atoms with Crippen molar-refractivity contribution in [3.8, 4) is 33.7 Å². The van der Waals surface area contributed by atoms with Crippen molar-refractivity contribution in [2.45, 2.75) is 6.92 Å². The molecule has 1 aliphatic heterocycles. The van der Waals surface area contributed by atoms with Crippen molar-refractivity contribution in [1.29, 1.82) is 0 Å². The smallest absolute Gasteiger partial charge is 0.144 e. The van der Waals surface area contributed by atoms with Crippen LogP contribution in [-0.4, -0.2) is 4.57 Å². The van der Waals surface area contributed by atoms with E-state index in [1.165, 1.54) is 0 Å². The van der Waals surface area contributed by atoms with Gasteiger partial charge in [-0.05, 0) is 78.2 Å². The van der Waals surface area contributed by atoms with E-state index in [4.69, 9.17) is 13.6 Å². The van der Waals surface area contributed by atoms with Crippen LogP contribution in [0.1, 0.15) is 12.5 Å². The monoisotopic (exact) mass is 683 g/mol. The zero-order valence-electron chi connectivity index (χ0n) is 29.1. The zero-order valence-corrected chi connectivity index (χ0v) is 29.1. The molecule has 0 amide bonds. The average molecular weight is 684 g/mol. The molecular weight excluding hydrogens is 651 g/mol. The number of fused-ring (bicyclic) bond motifs is 9. The Morgan fingerprint density at radius 1 is 0.623 bits per heavy atom. The van der Waals surface area contributed by atoms with Crippen LogP contribution in [0, 0.1) is 0 Å². The summed E-state index contributed by atoms with van der Waals surface area (Å²) in [6.07, 6.45) is 13.5. The molecule has 0 spiro atoms. The van der Waals surface area contributed by atoms with E-state index < -0.39 is 0 Å². The third-order valence-electron chi connectivity index (χ3n) is 10.3. The number of furan rings is 2. The van der Waals surface area contributed by atoms with Crippen molar-refractivity contribution in [1.82, 2.24) is 4.57 Å². The number of rotatable bonds is 4. The standard InChI is InChI=1S/C49H33NO3/c1-4-5-22-44-31(3)36-17-12-18-37(47(36)52-44)32-27-33(38-19-13-20-40-39-15-7-9-23-45(39)53-48(38)40)29-34(28-32)50-42-21-8-6-16-41(42)46-43(50)25-24-35-30(2)14-10-11-26-51-49(35)46/h4-29H,2-3H2,1H3/b5-4-,14-10-,26-11-,44-22+. The van der Waals surface area contributed by atoms with E-state index >= 15 is 0 Å². The third kappa shape index (κ3) is 4.77. The van der Waals surface area contributed by atoms with Crippen LogP contribution in [0.5, 0.6) is 5.75 Å². The van der Waals surface area contributed by atoms with Gasteiger partial charge in [0.1, 0.15) is 27.9 Å². The summed E-state index contributed by atoms with van der Waals surface area (Å²) in [7, 11) is 0. The quantitative estimate of drug-likeness (QED) is 0.185. The summed E-state index contributed by atoms with van der Waals surface area (Å²) in [6, 6.07) is 40.5. The van der Waals surface area contributed by atoms with Gasteiger partial charge in [0.05, 0.1) is 22.7 Å². The second-order valence-corrected chi connectivity index (χ2v) is 13.4. The van der Waals surface area contributed by atoms with E-state index in [0.717, 1.165) is 110 Å². The SMILES string of the molecule is C=C1/C=C\C=C/Oc2c1ccc1c2c2ccccc2n1-c1cc(-c2cccc3c(=C)/c(=C\C=C/C)oc23)cc(-c2cccc3c2oc2ccccc23)c1. The predicted molar refractivity (Wildman–Crippen MR) is 221 cm³/mol. The van der Waals surface area contributed by atoms with Gasteiger partial charge in [0, 0.05) is 49.1 Å². The molecule has 6 aromatic carbocycles. The minimum atomic E-state index is 0.748. The fourth-order valence-corrected chi connectivity index (χ4v) is 7.86. The summed E-state index contributed by atoms with van der Waals surface area (Å²) in [5, 5.41) is 6.16. The van der Waals surface area contributed by atoms with E-state index in [1.807, 2.05) is 55.5 Å². The van der Waals surface area contributed by atoms with Crippen LogP contribution in [0.3, 0.4) is 0 Å². The molecule has 0 atom stereocenters. The number of benzene rings is 6. The normalized spacial score (nSPS) is 14.7. The Hall–Kier alpha value is -7.04. The van der Waals surface area contributed by atoms with E-state index in [0.29, 0.717) is 0 Å². The van der Waals surface area contributed by atoms with Crippen LogP contribution in [-0.2, 0) is 0 Å². The first-order chi connectivity index (χ1) is 26.1. The highest BCUT2D eigenvalue weighted by Crippen LogP contribution is 2.44. The molecule has 0 aliphatic carbocycles. The second-order valence-electron chi connectivity index (χ2n) is 13.4. The van der Waals surface area contributed by atoms with Crippen molar-refractivity contribution in [2.75, 3.05) is 0 Å². The van der Waals surface area contributed by atoms with E-state index in [1.54, 1.807) is 6.26 Å². The molecule has 4 heterocycles. The Morgan fingerprint density at radius 3 is 2.15 bits per heavy atom. The molecule has 4 nitrogen and oxygen atoms in total. The first-order valence-corrected chi connectivity index (χ1v) is 17.7. The Labute approximate surface area is 305 Å².